The summed E-state index contributed by atoms with van der Waals surface area (Å²) < 4.78 is 7.22. The fourth-order valence-corrected chi connectivity index (χ4v) is 1.60. The number of ether oxygens (including phenoxy) is 1. The molecule has 1 unspecified atom stereocenters. The molecule has 0 saturated heterocycles. The molecular formula is C10H14N2O2. The van der Waals surface area contributed by atoms with E-state index in [1.54, 1.807) is 12.5 Å². The van der Waals surface area contributed by atoms with Crippen LogP contribution in [0.1, 0.15) is 25.1 Å². The summed E-state index contributed by atoms with van der Waals surface area (Å²) in [4.78, 5) is 4.01. The second-order valence-electron chi connectivity index (χ2n) is 3.25. The van der Waals surface area contributed by atoms with E-state index in [0.29, 0.717) is 12.4 Å². The molecule has 0 amide bonds. The molecule has 0 aromatic carbocycles. The molecule has 0 fully saturated rings. The molecule has 2 heterocycles. The summed E-state index contributed by atoms with van der Waals surface area (Å²) in [6.45, 7) is 3.49. The van der Waals surface area contributed by atoms with Crippen LogP contribution in [-0.2, 0) is 11.3 Å². The van der Waals surface area contributed by atoms with Crippen molar-refractivity contribution in [3.63, 3.8) is 0 Å². The van der Waals surface area contributed by atoms with E-state index in [4.69, 9.17) is 4.74 Å². The summed E-state index contributed by atoms with van der Waals surface area (Å²) in [5.41, 5.74) is 0.792. The van der Waals surface area contributed by atoms with E-state index in [9.17, 15) is 5.11 Å². The van der Waals surface area contributed by atoms with Gasteiger partial charge in [0.15, 0.2) is 6.10 Å². The van der Waals surface area contributed by atoms with Crippen molar-refractivity contribution in [3.8, 4) is 0 Å². The van der Waals surface area contributed by atoms with E-state index in [-0.39, 0.29) is 0 Å². The molecule has 1 N–H and O–H groups in total. The summed E-state index contributed by atoms with van der Waals surface area (Å²) in [7, 11) is 0. The monoisotopic (exact) mass is 194 g/mol. The number of hydrogen-bond acceptors (Lipinski definition) is 3. The molecule has 1 aliphatic rings. The van der Waals surface area contributed by atoms with Gasteiger partial charge < -0.3 is 14.4 Å². The number of nitrogens with zero attached hydrogens (tertiary/aromatic N) is 2. The molecule has 1 aromatic heterocycles. The molecule has 1 atom stereocenters. The first kappa shape index (κ1) is 9.27. The summed E-state index contributed by atoms with van der Waals surface area (Å²) in [6, 6.07) is 0. The van der Waals surface area contributed by atoms with E-state index in [2.05, 4.69) is 4.98 Å². The van der Waals surface area contributed by atoms with Gasteiger partial charge in [0.25, 0.3) is 0 Å². The smallest absolute Gasteiger partial charge is 0.152 e. The maximum absolute atomic E-state index is 9.97. The molecule has 4 heteroatoms. The van der Waals surface area contributed by atoms with Gasteiger partial charge >= 0.3 is 0 Å². The van der Waals surface area contributed by atoms with Crippen molar-refractivity contribution in [2.45, 2.75) is 26.0 Å². The van der Waals surface area contributed by atoms with Crippen molar-refractivity contribution >= 4 is 0 Å². The van der Waals surface area contributed by atoms with Gasteiger partial charge in [-0.25, -0.2) is 4.98 Å². The Morgan fingerprint density at radius 1 is 1.71 bits per heavy atom. The maximum Gasteiger partial charge on any atom is 0.152 e. The van der Waals surface area contributed by atoms with Gasteiger partial charge in [-0.1, -0.05) is 0 Å². The number of aliphatic hydroxyl groups excluding tert-OH is 1. The Kier molecular flexibility index (Phi) is 2.54. The van der Waals surface area contributed by atoms with Crippen LogP contribution in [-0.4, -0.2) is 21.3 Å². The molecule has 0 spiro atoms. The normalized spacial score (nSPS) is 17.7. The molecule has 14 heavy (non-hydrogen) atoms. The molecule has 4 nitrogen and oxygen atoms in total. The Hall–Kier alpha value is -1.29. The fraction of sp³-hybridized carbons (Fsp3) is 0.500. The topological polar surface area (TPSA) is 47.3 Å². The van der Waals surface area contributed by atoms with Gasteiger partial charge in [0.2, 0.25) is 0 Å². The molecule has 0 saturated carbocycles. The van der Waals surface area contributed by atoms with Gasteiger partial charge in [-0.15, -0.1) is 0 Å². The number of aromatic nitrogens is 2. The Morgan fingerprint density at radius 2 is 2.57 bits per heavy atom. The highest BCUT2D eigenvalue weighted by Gasteiger charge is 2.20. The lowest BCUT2D eigenvalue weighted by Crippen LogP contribution is -2.08. The SMILES string of the molecule is CCn1cncc1C(O)C1=CCCO1. The Morgan fingerprint density at radius 3 is 3.21 bits per heavy atom. The average Bonchev–Trinajstić information content (AvgIpc) is 2.87. The van der Waals surface area contributed by atoms with Gasteiger partial charge in [0.1, 0.15) is 5.76 Å². The predicted octanol–water partition coefficient (Wildman–Crippen LogP) is 1.24. The lowest BCUT2D eigenvalue weighted by atomic mass is 10.2. The van der Waals surface area contributed by atoms with Crippen molar-refractivity contribution in [2.24, 2.45) is 0 Å². The third-order valence-electron chi connectivity index (χ3n) is 2.37. The van der Waals surface area contributed by atoms with E-state index in [1.165, 1.54) is 0 Å². The summed E-state index contributed by atoms with van der Waals surface area (Å²) in [6.07, 6.45) is 5.54. The van der Waals surface area contributed by atoms with Crippen LogP contribution in [0.2, 0.25) is 0 Å². The van der Waals surface area contributed by atoms with Crippen LogP contribution in [0.25, 0.3) is 0 Å². The first-order valence-corrected chi connectivity index (χ1v) is 4.84. The van der Waals surface area contributed by atoms with Crippen molar-refractivity contribution < 1.29 is 9.84 Å². The largest absolute Gasteiger partial charge is 0.495 e. The second-order valence-corrected chi connectivity index (χ2v) is 3.25. The van der Waals surface area contributed by atoms with E-state index < -0.39 is 6.10 Å². The molecule has 0 aliphatic carbocycles. The zero-order chi connectivity index (χ0) is 9.97. The van der Waals surface area contributed by atoms with Crippen LogP contribution in [0.4, 0.5) is 0 Å². The number of imidazole rings is 1. The van der Waals surface area contributed by atoms with Crippen LogP contribution in [0.5, 0.6) is 0 Å². The standard InChI is InChI=1S/C10H14N2O2/c1-2-12-7-11-6-8(12)10(13)9-4-3-5-14-9/h4,6-7,10,13H,2-3,5H2,1H3. The molecular weight excluding hydrogens is 180 g/mol. The summed E-state index contributed by atoms with van der Waals surface area (Å²) >= 11 is 0. The highest BCUT2D eigenvalue weighted by molar-refractivity contribution is 5.16. The first-order valence-electron chi connectivity index (χ1n) is 4.84. The molecule has 1 aliphatic heterocycles. The van der Waals surface area contributed by atoms with Crippen molar-refractivity contribution in [1.29, 1.82) is 0 Å². The zero-order valence-corrected chi connectivity index (χ0v) is 8.18. The first-order chi connectivity index (χ1) is 6.83. The van der Waals surface area contributed by atoms with Crippen LogP contribution >= 0.6 is 0 Å². The third-order valence-corrected chi connectivity index (χ3v) is 2.37. The van der Waals surface area contributed by atoms with E-state index >= 15 is 0 Å². The quantitative estimate of drug-likeness (QED) is 0.787. The number of rotatable bonds is 3. The van der Waals surface area contributed by atoms with Crippen molar-refractivity contribution in [2.75, 3.05) is 6.61 Å². The van der Waals surface area contributed by atoms with Gasteiger partial charge in [0, 0.05) is 13.0 Å². The van der Waals surface area contributed by atoms with Crippen molar-refractivity contribution in [3.05, 3.63) is 30.1 Å². The lowest BCUT2D eigenvalue weighted by molar-refractivity contribution is 0.113. The van der Waals surface area contributed by atoms with Gasteiger partial charge in [-0.2, -0.15) is 0 Å². The molecule has 76 valence electrons. The lowest BCUT2D eigenvalue weighted by Gasteiger charge is -2.13. The minimum absolute atomic E-state index is 0.653. The Bertz CT molecular complexity index is 344. The molecule has 0 radical (unpaired) electrons. The summed E-state index contributed by atoms with van der Waals surface area (Å²) in [5, 5.41) is 9.97. The number of aliphatic hydroxyl groups is 1. The van der Waals surface area contributed by atoms with Crippen LogP contribution in [0.3, 0.4) is 0 Å². The predicted molar refractivity (Wildman–Crippen MR) is 51.5 cm³/mol. The Balaban J connectivity index is 2.21. The molecule has 0 bridgehead atoms. The van der Waals surface area contributed by atoms with E-state index in [0.717, 1.165) is 18.7 Å². The highest BCUT2D eigenvalue weighted by atomic mass is 16.5. The van der Waals surface area contributed by atoms with Crippen LogP contribution in [0.15, 0.2) is 24.4 Å². The fourth-order valence-electron chi connectivity index (χ4n) is 1.60. The third kappa shape index (κ3) is 1.53. The van der Waals surface area contributed by atoms with Gasteiger partial charge in [0.05, 0.1) is 24.8 Å². The average molecular weight is 194 g/mol. The number of hydrogen-bond donors (Lipinski definition) is 1. The molecule has 2 rings (SSSR count). The van der Waals surface area contributed by atoms with Crippen molar-refractivity contribution in [1.82, 2.24) is 9.55 Å². The minimum atomic E-state index is -0.667. The summed E-state index contributed by atoms with van der Waals surface area (Å²) in [5.74, 6) is 0.653. The van der Waals surface area contributed by atoms with Gasteiger partial charge in [-0.05, 0) is 13.0 Å². The number of aryl methyl sites for hydroxylation is 1. The second kappa shape index (κ2) is 3.84. The van der Waals surface area contributed by atoms with Crippen LogP contribution in [0, 0.1) is 0 Å². The van der Waals surface area contributed by atoms with E-state index in [1.807, 2.05) is 17.6 Å². The Labute approximate surface area is 82.8 Å². The zero-order valence-electron chi connectivity index (χ0n) is 8.18. The minimum Gasteiger partial charge on any atom is -0.495 e. The highest BCUT2D eigenvalue weighted by Crippen LogP contribution is 2.25. The molecule has 1 aromatic rings. The van der Waals surface area contributed by atoms with Gasteiger partial charge in [-0.3, -0.25) is 0 Å². The van der Waals surface area contributed by atoms with Crippen LogP contribution < -0.4 is 0 Å². The maximum atomic E-state index is 9.97.